The van der Waals surface area contributed by atoms with Gasteiger partial charge in [0.1, 0.15) is 4.90 Å². The van der Waals surface area contributed by atoms with Crippen LogP contribution in [0, 0.1) is 0 Å². The number of unbranched alkanes of at least 4 members (excludes halogenated alkanes) is 5. The van der Waals surface area contributed by atoms with Crippen LogP contribution in [0.3, 0.4) is 0 Å². The number of aliphatic hydroxyl groups is 1. The molecule has 0 spiro atoms. The minimum absolute atomic E-state index is 0.200. The molecule has 5 nitrogen and oxygen atoms in total. The minimum Gasteiger partial charge on any atom is -0.396 e. The number of benzene rings is 2. The van der Waals surface area contributed by atoms with Crippen LogP contribution < -0.4 is 4.90 Å². The van der Waals surface area contributed by atoms with E-state index in [1.54, 1.807) is 12.1 Å². The highest BCUT2D eigenvalue weighted by Crippen LogP contribution is 2.31. The summed E-state index contributed by atoms with van der Waals surface area (Å²) in [5.41, 5.74) is 0.974. The molecule has 0 atom stereocenters. The van der Waals surface area contributed by atoms with Gasteiger partial charge < -0.3 is 10.0 Å². The molecule has 2 aromatic carbocycles. The van der Waals surface area contributed by atoms with E-state index in [9.17, 15) is 8.42 Å². The molecule has 26 heavy (non-hydrogen) atoms. The molecule has 0 bridgehead atoms. The van der Waals surface area contributed by atoms with E-state index in [1.165, 1.54) is 0 Å². The Bertz CT molecular complexity index is 803. The fourth-order valence-corrected chi connectivity index (χ4v) is 4.18. The monoisotopic (exact) mass is 379 g/mol. The van der Waals surface area contributed by atoms with Gasteiger partial charge in [-0.25, -0.2) is 0 Å². The zero-order valence-corrected chi connectivity index (χ0v) is 16.5. The number of anilines is 1. The Hall–Kier alpha value is -1.63. The summed E-state index contributed by atoms with van der Waals surface area (Å²) in [7, 11) is 0.0927. The van der Waals surface area contributed by atoms with Crippen molar-refractivity contribution in [2.75, 3.05) is 32.2 Å². The first-order valence-electron chi connectivity index (χ1n) is 9.17. The van der Waals surface area contributed by atoms with Gasteiger partial charge >= 0.3 is 0 Å². The van der Waals surface area contributed by atoms with E-state index in [4.69, 9.17) is 9.29 Å². The maximum Gasteiger partial charge on any atom is 0.297 e. The molecule has 0 aliphatic heterocycles. The fraction of sp³-hybridized carbons (Fsp3) is 0.500. The van der Waals surface area contributed by atoms with Crippen LogP contribution in [0.2, 0.25) is 0 Å². The molecule has 0 saturated carbocycles. The Morgan fingerprint density at radius 1 is 0.885 bits per heavy atom. The Balaban J connectivity index is 2.02. The Kier molecular flexibility index (Phi) is 7.87. The molecule has 2 aromatic rings. The smallest absolute Gasteiger partial charge is 0.297 e. The molecule has 144 valence electrons. The second kappa shape index (κ2) is 9.90. The van der Waals surface area contributed by atoms with E-state index in [2.05, 4.69) is 0 Å². The van der Waals surface area contributed by atoms with Gasteiger partial charge in [0.25, 0.3) is 10.1 Å². The van der Waals surface area contributed by atoms with E-state index in [0.29, 0.717) is 11.8 Å². The third-order valence-corrected chi connectivity index (χ3v) is 5.77. The summed E-state index contributed by atoms with van der Waals surface area (Å²) >= 11 is 0. The molecule has 0 fully saturated rings. The number of aliphatic hydroxyl groups excluding tert-OH is 1. The lowest BCUT2D eigenvalue weighted by atomic mass is 10.1. The summed E-state index contributed by atoms with van der Waals surface area (Å²) in [5, 5.41) is 10.3. The molecular weight excluding hydrogens is 350 g/mol. The molecule has 0 aliphatic rings. The van der Waals surface area contributed by atoms with Gasteiger partial charge in [0.15, 0.2) is 0 Å². The van der Waals surface area contributed by atoms with E-state index < -0.39 is 10.1 Å². The lowest BCUT2D eigenvalue weighted by molar-refractivity contribution is 0.280. The molecular formula is C20H29NO4S. The summed E-state index contributed by atoms with van der Waals surface area (Å²) in [6, 6.07) is 10.9. The molecule has 0 aromatic heterocycles. The zero-order valence-electron chi connectivity index (χ0n) is 15.6. The second-order valence-corrected chi connectivity index (χ2v) is 8.23. The number of nitrogens with zero attached hydrogens (tertiary/aromatic N) is 1. The van der Waals surface area contributed by atoms with Crippen LogP contribution >= 0.6 is 0 Å². The normalized spacial score (nSPS) is 11.8. The van der Waals surface area contributed by atoms with Crippen molar-refractivity contribution in [2.45, 2.75) is 43.4 Å². The topological polar surface area (TPSA) is 66.8 Å². The Labute approximate surface area is 156 Å². The molecule has 6 heteroatoms. The molecule has 0 amide bonds. The van der Waals surface area contributed by atoms with E-state index in [0.717, 1.165) is 43.2 Å². The quantitative estimate of drug-likeness (QED) is 0.473. The van der Waals surface area contributed by atoms with Crippen LogP contribution in [0.4, 0.5) is 5.69 Å². The summed E-state index contributed by atoms with van der Waals surface area (Å²) in [6.07, 6.45) is 5.59. The fourth-order valence-electron chi connectivity index (χ4n) is 3.03. The maximum absolute atomic E-state index is 12.6. The highest BCUT2D eigenvalue weighted by Gasteiger charge is 2.19. The van der Waals surface area contributed by atoms with Crippen molar-refractivity contribution >= 4 is 26.6 Å². The molecule has 2 rings (SSSR count). The molecule has 1 N–H and O–H groups in total. The first-order chi connectivity index (χ1) is 12.5. The maximum atomic E-state index is 12.6. The van der Waals surface area contributed by atoms with Crippen LogP contribution in [0.15, 0.2) is 41.3 Å². The zero-order chi connectivity index (χ0) is 19.0. The van der Waals surface area contributed by atoms with E-state index in [-0.39, 0.29) is 18.1 Å². The second-order valence-electron chi connectivity index (χ2n) is 6.64. The number of hydrogen-bond acceptors (Lipinski definition) is 5. The van der Waals surface area contributed by atoms with Crippen molar-refractivity contribution in [1.82, 2.24) is 0 Å². The highest BCUT2D eigenvalue weighted by atomic mass is 32.2. The highest BCUT2D eigenvalue weighted by molar-refractivity contribution is 7.87. The Morgan fingerprint density at radius 3 is 2.19 bits per heavy atom. The van der Waals surface area contributed by atoms with E-state index in [1.807, 2.05) is 43.3 Å². The van der Waals surface area contributed by atoms with Crippen LogP contribution in [0.5, 0.6) is 0 Å². The first kappa shape index (κ1) is 20.7. The van der Waals surface area contributed by atoms with Crippen LogP contribution in [-0.2, 0) is 14.3 Å². The predicted octanol–water partition coefficient (Wildman–Crippen LogP) is 3.94. The van der Waals surface area contributed by atoms with Crippen LogP contribution in [0.25, 0.3) is 10.8 Å². The number of fused-ring (bicyclic) bond motifs is 1. The van der Waals surface area contributed by atoms with Crippen molar-refractivity contribution in [2.24, 2.45) is 0 Å². The largest absolute Gasteiger partial charge is 0.396 e. The number of hydrogen-bond donors (Lipinski definition) is 1. The van der Waals surface area contributed by atoms with Gasteiger partial charge in [0.05, 0.1) is 6.61 Å². The summed E-state index contributed by atoms with van der Waals surface area (Å²) in [5.74, 6) is 0. The van der Waals surface area contributed by atoms with Gasteiger partial charge in [-0.1, -0.05) is 49.9 Å². The summed E-state index contributed by atoms with van der Waals surface area (Å²) in [6.45, 7) is 0.439. The average molecular weight is 380 g/mol. The minimum atomic E-state index is -3.78. The summed E-state index contributed by atoms with van der Waals surface area (Å²) < 4.78 is 30.5. The van der Waals surface area contributed by atoms with Crippen molar-refractivity contribution in [3.05, 3.63) is 36.4 Å². The standard InChI is InChI=1S/C20H29NO4S/c1-21(2)19-13-9-12-18-17(19)11-10-14-20(18)26(23,24)25-16-8-6-4-3-5-7-15-22/h9-14,22H,3-8,15-16H2,1-2H3. The SMILES string of the molecule is CN(C)c1cccc2c(S(=O)(=O)OCCCCCCCCO)cccc12. The van der Waals surface area contributed by atoms with E-state index >= 15 is 0 Å². The predicted molar refractivity (Wildman–Crippen MR) is 106 cm³/mol. The van der Waals surface area contributed by atoms with Gasteiger partial charge in [-0.05, 0) is 25.0 Å². The third kappa shape index (κ3) is 5.43. The van der Waals surface area contributed by atoms with Crippen LogP contribution in [-0.4, -0.2) is 40.8 Å². The van der Waals surface area contributed by atoms with Gasteiger partial charge in [-0.2, -0.15) is 8.42 Å². The summed E-state index contributed by atoms with van der Waals surface area (Å²) in [4.78, 5) is 2.19. The van der Waals surface area contributed by atoms with Gasteiger partial charge in [0, 0.05) is 37.2 Å². The average Bonchev–Trinajstić information content (AvgIpc) is 2.62. The van der Waals surface area contributed by atoms with Gasteiger partial charge in [-0.15, -0.1) is 0 Å². The molecule has 0 unspecified atom stereocenters. The first-order valence-corrected chi connectivity index (χ1v) is 10.6. The third-order valence-electron chi connectivity index (χ3n) is 4.40. The van der Waals surface area contributed by atoms with Crippen molar-refractivity contribution in [3.63, 3.8) is 0 Å². The Morgan fingerprint density at radius 2 is 1.50 bits per heavy atom. The molecule has 0 heterocycles. The number of rotatable bonds is 11. The van der Waals surface area contributed by atoms with Gasteiger partial charge in [0.2, 0.25) is 0 Å². The van der Waals surface area contributed by atoms with Crippen molar-refractivity contribution < 1.29 is 17.7 Å². The lowest BCUT2D eigenvalue weighted by Crippen LogP contribution is -2.11. The van der Waals surface area contributed by atoms with Crippen LogP contribution in [0.1, 0.15) is 38.5 Å². The molecule has 0 radical (unpaired) electrons. The molecule has 0 saturated heterocycles. The lowest BCUT2D eigenvalue weighted by Gasteiger charge is -2.16. The van der Waals surface area contributed by atoms with Crippen molar-refractivity contribution in [3.8, 4) is 0 Å². The molecule has 0 aliphatic carbocycles. The van der Waals surface area contributed by atoms with Crippen molar-refractivity contribution in [1.29, 1.82) is 0 Å². The van der Waals surface area contributed by atoms with Gasteiger partial charge in [-0.3, -0.25) is 4.18 Å².